The maximum Gasteiger partial charge on any atom is 0.271 e. The summed E-state index contributed by atoms with van der Waals surface area (Å²) in [5, 5.41) is 10.6. The van der Waals surface area contributed by atoms with Crippen LogP contribution in [-0.4, -0.2) is 41.9 Å². The summed E-state index contributed by atoms with van der Waals surface area (Å²) in [5.41, 5.74) is 2.79. The molecule has 0 saturated carbocycles. The quantitative estimate of drug-likeness (QED) is 0.758. The molecule has 26 heavy (non-hydrogen) atoms. The zero-order chi connectivity index (χ0) is 17.6. The molecule has 1 aromatic carbocycles. The zero-order valence-corrected chi connectivity index (χ0v) is 16.1. The molecule has 1 atom stereocenters. The van der Waals surface area contributed by atoms with E-state index in [1.54, 1.807) is 6.07 Å². The maximum absolute atomic E-state index is 12.2. The highest BCUT2D eigenvalue weighted by molar-refractivity contribution is 5.92. The Morgan fingerprint density at radius 3 is 2.81 bits per heavy atom. The third-order valence-electron chi connectivity index (χ3n) is 4.34. The molecule has 0 spiro atoms. The van der Waals surface area contributed by atoms with E-state index in [4.69, 9.17) is 4.74 Å². The number of piperidine rings is 1. The number of carbonyl (C=O) groups is 1. The van der Waals surface area contributed by atoms with E-state index in [0.717, 1.165) is 31.7 Å². The van der Waals surface area contributed by atoms with Crippen LogP contribution in [0, 0.1) is 13.8 Å². The summed E-state index contributed by atoms with van der Waals surface area (Å²) in [6.07, 6.45) is 4.12. The average Bonchev–Trinajstić information content (AvgIpc) is 3.09. The molecule has 0 bridgehead atoms. The molecule has 1 amide bonds. The Labute approximate surface area is 160 Å². The van der Waals surface area contributed by atoms with Gasteiger partial charge in [-0.15, -0.1) is 12.4 Å². The van der Waals surface area contributed by atoms with Crippen molar-refractivity contribution >= 4 is 18.3 Å². The highest BCUT2D eigenvalue weighted by Crippen LogP contribution is 2.16. The van der Waals surface area contributed by atoms with Crippen molar-refractivity contribution in [3.8, 4) is 5.75 Å². The third-order valence-corrected chi connectivity index (χ3v) is 4.34. The lowest BCUT2D eigenvalue weighted by atomic mass is 10.1. The van der Waals surface area contributed by atoms with Gasteiger partial charge in [-0.25, -0.2) is 0 Å². The van der Waals surface area contributed by atoms with Crippen molar-refractivity contribution < 1.29 is 9.53 Å². The molecule has 7 heteroatoms. The van der Waals surface area contributed by atoms with E-state index in [1.807, 2.05) is 36.9 Å². The number of carbonyl (C=O) groups excluding carboxylic acids is 1. The molecule has 0 radical (unpaired) electrons. The number of benzene rings is 1. The zero-order valence-electron chi connectivity index (χ0n) is 15.3. The molecule has 1 aliphatic heterocycles. The van der Waals surface area contributed by atoms with Crippen molar-refractivity contribution in [1.29, 1.82) is 0 Å². The predicted molar refractivity (Wildman–Crippen MR) is 104 cm³/mol. The van der Waals surface area contributed by atoms with E-state index < -0.39 is 0 Å². The summed E-state index contributed by atoms with van der Waals surface area (Å²) in [6.45, 7) is 6.93. The van der Waals surface area contributed by atoms with Crippen molar-refractivity contribution in [1.82, 2.24) is 20.4 Å². The minimum Gasteiger partial charge on any atom is -0.492 e. The lowest BCUT2D eigenvalue weighted by Gasteiger charge is -2.22. The van der Waals surface area contributed by atoms with Gasteiger partial charge in [0.25, 0.3) is 5.91 Å². The van der Waals surface area contributed by atoms with Gasteiger partial charge in [0.1, 0.15) is 18.1 Å². The molecule has 1 unspecified atom stereocenters. The lowest BCUT2D eigenvalue weighted by molar-refractivity contribution is 0.0940. The van der Waals surface area contributed by atoms with Crippen LogP contribution < -0.4 is 15.4 Å². The van der Waals surface area contributed by atoms with Crippen LogP contribution in [0.3, 0.4) is 0 Å². The van der Waals surface area contributed by atoms with Crippen LogP contribution in [0.4, 0.5) is 0 Å². The second-order valence-electron chi connectivity index (χ2n) is 6.61. The summed E-state index contributed by atoms with van der Waals surface area (Å²) < 4.78 is 7.60. The van der Waals surface area contributed by atoms with Crippen molar-refractivity contribution in [2.75, 3.05) is 26.2 Å². The molecule has 0 aliphatic carbocycles. The summed E-state index contributed by atoms with van der Waals surface area (Å²) in [6, 6.07) is 8.20. The molecule has 1 saturated heterocycles. The normalized spacial score (nSPS) is 16.6. The highest BCUT2D eigenvalue weighted by Gasteiger charge is 2.17. The first-order valence-corrected chi connectivity index (χ1v) is 8.87. The van der Waals surface area contributed by atoms with Crippen LogP contribution in [0.25, 0.3) is 0 Å². The van der Waals surface area contributed by atoms with E-state index >= 15 is 0 Å². The molecular formula is C19H27ClN4O2. The van der Waals surface area contributed by atoms with E-state index in [9.17, 15) is 4.79 Å². The van der Waals surface area contributed by atoms with Crippen molar-refractivity contribution in [3.05, 3.63) is 47.3 Å². The number of amides is 1. The van der Waals surface area contributed by atoms with E-state index in [-0.39, 0.29) is 18.3 Å². The van der Waals surface area contributed by atoms with Gasteiger partial charge >= 0.3 is 0 Å². The number of nitrogens with one attached hydrogen (secondary N) is 2. The predicted octanol–water partition coefficient (Wildman–Crippen LogP) is 2.66. The summed E-state index contributed by atoms with van der Waals surface area (Å²) >= 11 is 0. The topological polar surface area (TPSA) is 68.2 Å². The van der Waals surface area contributed by atoms with Crippen molar-refractivity contribution in [2.45, 2.75) is 32.7 Å². The van der Waals surface area contributed by atoms with Gasteiger partial charge in [0.15, 0.2) is 0 Å². The van der Waals surface area contributed by atoms with Crippen LogP contribution in [0.1, 0.15) is 40.5 Å². The lowest BCUT2D eigenvalue weighted by Crippen LogP contribution is -2.32. The largest absolute Gasteiger partial charge is 0.492 e. The third kappa shape index (κ3) is 5.47. The van der Waals surface area contributed by atoms with E-state index in [0.29, 0.717) is 24.9 Å². The van der Waals surface area contributed by atoms with Gasteiger partial charge in [-0.05, 0) is 62.6 Å². The fraction of sp³-hybridized carbons (Fsp3) is 0.474. The van der Waals surface area contributed by atoms with Gasteiger partial charge in [-0.2, -0.15) is 5.10 Å². The van der Waals surface area contributed by atoms with Crippen LogP contribution in [0.5, 0.6) is 5.75 Å². The SMILES string of the molecule is Cc1cc(C)cc(OCCNC(=O)c2ccn(C3CCCNC3)n2)c1.Cl. The number of nitrogens with zero attached hydrogens (tertiary/aromatic N) is 2. The number of aryl methyl sites for hydroxylation is 2. The minimum absolute atomic E-state index is 0. The second kappa shape index (κ2) is 9.59. The standard InChI is InChI=1S/C19H26N4O2.ClH/c1-14-10-15(2)12-17(11-14)25-9-7-21-19(24)18-5-8-23(22-18)16-4-3-6-20-13-16;/h5,8,10-12,16,20H,3-4,6-7,9,13H2,1-2H3,(H,21,24);1H. The molecule has 6 nitrogen and oxygen atoms in total. The van der Waals surface area contributed by atoms with Crippen molar-refractivity contribution in [3.63, 3.8) is 0 Å². The van der Waals surface area contributed by atoms with Gasteiger partial charge in [-0.1, -0.05) is 6.07 Å². The molecule has 1 aromatic heterocycles. The molecule has 2 aromatic rings. The van der Waals surface area contributed by atoms with Gasteiger partial charge in [0.05, 0.1) is 12.6 Å². The minimum atomic E-state index is -0.161. The number of aromatic nitrogens is 2. The summed E-state index contributed by atoms with van der Waals surface area (Å²) in [4.78, 5) is 12.2. The molecule has 2 N–H and O–H groups in total. The van der Waals surface area contributed by atoms with Gasteiger partial charge in [0.2, 0.25) is 0 Å². The number of rotatable bonds is 6. The molecular weight excluding hydrogens is 352 g/mol. The Kier molecular flexibility index (Phi) is 7.48. The van der Waals surface area contributed by atoms with Gasteiger partial charge in [-0.3, -0.25) is 9.48 Å². The van der Waals surface area contributed by atoms with Crippen LogP contribution in [0.15, 0.2) is 30.5 Å². The first-order chi connectivity index (χ1) is 12.1. The monoisotopic (exact) mass is 378 g/mol. The van der Waals surface area contributed by atoms with Crippen LogP contribution >= 0.6 is 12.4 Å². The fourth-order valence-electron chi connectivity index (χ4n) is 3.16. The highest BCUT2D eigenvalue weighted by atomic mass is 35.5. The number of hydrogen-bond donors (Lipinski definition) is 2. The average molecular weight is 379 g/mol. The van der Waals surface area contributed by atoms with Crippen LogP contribution in [0.2, 0.25) is 0 Å². The fourth-order valence-corrected chi connectivity index (χ4v) is 3.16. The number of halogens is 1. The smallest absolute Gasteiger partial charge is 0.271 e. The van der Waals surface area contributed by atoms with E-state index in [1.165, 1.54) is 11.1 Å². The molecule has 2 heterocycles. The first-order valence-electron chi connectivity index (χ1n) is 8.87. The molecule has 142 valence electrons. The molecule has 1 fully saturated rings. The van der Waals surface area contributed by atoms with Gasteiger partial charge < -0.3 is 15.4 Å². The van der Waals surface area contributed by atoms with E-state index in [2.05, 4.69) is 21.8 Å². The Balaban J connectivity index is 0.00000243. The maximum atomic E-state index is 12.2. The Bertz CT molecular complexity index is 706. The number of ether oxygens (including phenoxy) is 1. The first kappa shape index (κ1) is 20.3. The Morgan fingerprint density at radius 2 is 2.12 bits per heavy atom. The van der Waals surface area contributed by atoms with Crippen LogP contribution in [-0.2, 0) is 0 Å². The van der Waals surface area contributed by atoms with Gasteiger partial charge in [0, 0.05) is 12.7 Å². The Hall–Kier alpha value is -2.05. The summed E-state index contributed by atoms with van der Waals surface area (Å²) in [7, 11) is 0. The molecule has 3 rings (SSSR count). The van der Waals surface area contributed by atoms with Crippen molar-refractivity contribution in [2.24, 2.45) is 0 Å². The number of hydrogen-bond acceptors (Lipinski definition) is 4. The Morgan fingerprint density at radius 1 is 1.35 bits per heavy atom. The summed E-state index contributed by atoms with van der Waals surface area (Å²) in [5.74, 6) is 0.673. The molecule has 1 aliphatic rings. The second-order valence-corrected chi connectivity index (χ2v) is 6.61.